The van der Waals surface area contributed by atoms with Gasteiger partial charge in [0.2, 0.25) is 0 Å². The first-order valence-electron chi connectivity index (χ1n) is 6.08. The van der Waals surface area contributed by atoms with E-state index >= 15 is 0 Å². The summed E-state index contributed by atoms with van der Waals surface area (Å²) in [5.74, 6) is 0.693. The third-order valence-electron chi connectivity index (χ3n) is 3.22. The molecular weight excluding hydrogens is 226 g/mol. The first kappa shape index (κ1) is 11.0. The van der Waals surface area contributed by atoms with E-state index in [0.29, 0.717) is 17.4 Å². The fourth-order valence-electron chi connectivity index (χ4n) is 2.33. The molecule has 4 nitrogen and oxygen atoms in total. The van der Waals surface area contributed by atoms with E-state index in [2.05, 4.69) is 17.1 Å². The maximum absolute atomic E-state index is 10.1. The Labute approximate surface area is 105 Å². The molecule has 0 radical (unpaired) electrons. The highest BCUT2D eigenvalue weighted by atomic mass is 16.3. The van der Waals surface area contributed by atoms with Gasteiger partial charge < -0.3 is 5.11 Å². The van der Waals surface area contributed by atoms with Crippen molar-refractivity contribution >= 4 is 16.7 Å². The summed E-state index contributed by atoms with van der Waals surface area (Å²) in [4.78, 5) is 1.53. The summed E-state index contributed by atoms with van der Waals surface area (Å²) < 4.78 is 0. The van der Waals surface area contributed by atoms with Crippen LogP contribution < -0.4 is 0 Å². The van der Waals surface area contributed by atoms with E-state index in [-0.39, 0.29) is 0 Å². The average molecular weight is 241 g/mol. The molecule has 18 heavy (non-hydrogen) atoms. The number of aliphatic hydroxyl groups is 1. The molecule has 1 aromatic carbocycles. The van der Waals surface area contributed by atoms with Gasteiger partial charge in [0.25, 0.3) is 0 Å². The first-order chi connectivity index (χ1) is 8.65. The molecule has 1 heterocycles. The maximum Gasteiger partial charge on any atom is 0.141 e. The van der Waals surface area contributed by atoms with Gasteiger partial charge in [-0.2, -0.15) is 0 Å². The Morgan fingerprint density at radius 1 is 1.22 bits per heavy atom. The molecule has 1 aromatic heterocycles. The number of benzene rings is 1. The Kier molecular flexibility index (Phi) is 2.44. The minimum atomic E-state index is 0.299. The Bertz CT molecular complexity index is 633. The van der Waals surface area contributed by atoms with Crippen molar-refractivity contribution in [1.82, 2.24) is 15.0 Å². The first-order valence-corrected chi connectivity index (χ1v) is 6.08. The van der Waals surface area contributed by atoms with Crippen molar-refractivity contribution in [2.75, 3.05) is 0 Å². The predicted molar refractivity (Wildman–Crippen MR) is 70.9 cm³/mol. The minimum absolute atomic E-state index is 0.299. The van der Waals surface area contributed by atoms with Crippen molar-refractivity contribution in [1.29, 1.82) is 0 Å². The molecule has 0 aliphatic heterocycles. The summed E-state index contributed by atoms with van der Waals surface area (Å²) in [6, 6.07) is 7.69. The van der Waals surface area contributed by atoms with Crippen LogP contribution in [0.15, 0.2) is 41.7 Å². The zero-order valence-electron chi connectivity index (χ0n) is 10.5. The summed E-state index contributed by atoms with van der Waals surface area (Å²) in [6.45, 7) is 4.07. The van der Waals surface area contributed by atoms with Crippen molar-refractivity contribution in [3.05, 3.63) is 41.7 Å². The summed E-state index contributed by atoms with van der Waals surface area (Å²) in [5.41, 5.74) is 3.34. The van der Waals surface area contributed by atoms with Gasteiger partial charge >= 0.3 is 0 Å². The van der Waals surface area contributed by atoms with Gasteiger partial charge in [-0.25, -0.2) is 0 Å². The monoisotopic (exact) mass is 241 g/mol. The smallest absolute Gasteiger partial charge is 0.141 e. The molecule has 0 saturated heterocycles. The van der Waals surface area contributed by atoms with Gasteiger partial charge in [-0.15, -0.1) is 15.0 Å². The zero-order chi connectivity index (χ0) is 12.7. The summed E-state index contributed by atoms with van der Waals surface area (Å²) in [6.07, 6.45) is 2.90. The predicted octanol–water partition coefficient (Wildman–Crippen LogP) is 3.14. The third-order valence-corrected chi connectivity index (χ3v) is 3.22. The van der Waals surface area contributed by atoms with Crippen LogP contribution in [-0.4, -0.2) is 20.1 Å². The third kappa shape index (κ3) is 1.70. The number of aliphatic hydroxyl groups excluding tert-OH is 1. The lowest BCUT2D eigenvalue weighted by Crippen LogP contribution is -2.12. The largest absolute Gasteiger partial charge is 0.506 e. The molecule has 0 fully saturated rings. The SMILES string of the molecule is CC1=C(O)C(n2nc3ccccc3n2)=CC(C)C1. The molecule has 0 amide bonds. The molecule has 0 spiro atoms. The second-order valence-electron chi connectivity index (χ2n) is 4.84. The standard InChI is InChI=1S/C14H15N3O/c1-9-7-10(2)14(18)13(8-9)17-15-11-5-3-4-6-12(11)16-17/h3-6,8-9,18H,7H2,1-2H3. The van der Waals surface area contributed by atoms with Crippen molar-refractivity contribution in [2.24, 2.45) is 5.92 Å². The van der Waals surface area contributed by atoms with Gasteiger partial charge in [0.15, 0.2) is 0 Å². The molecule has 2 aromatic rings. The number of hydrogen-bond donors (Lipinski definition) is 1. The van der Waals surface area contributed by atoms with Crippen molar-refractivity contribution < 1.29 is 5.11 Å². The Morgan fingerprint density at radius 3 is 2.44 bits per heavy atom. The van der Waals surface area contributed by atoms with E-state index in [4.69, 9.17) is 0 Å². The molecule has 92 valence electrons. The lowest BCUT2D eigenvalue weighted by molar-refractivity contribution is 0.409. The molecule has 1 aliphatic rings. The summed E-state index contributed by atoms with van der Waals surface area (Å²) in [5, 5.41) is 18.9. The van der Waals surface area contributed by atoms with Crippen LogP contribution in [0.25, 0.3) is 16.7 Å². The molecule has 0 saturated carbocycles. The van der Waals surface area contributed by atoms with E-state index in [1.165, 1.54) is 4.80 Å². The number of fused-ring (bicyclic) bond motifs is 1. The number of nitrogens with zero attached hydrogens (tertiary/aromatic N) is 3. The summed E-state index contributed by atoms with van der Waals surface area (Å²) in [7, 11) is 0. The van der Waals surface area contributed by atoms with Gasteiger partial charge in [0.1, 0.15) is 22.5 Å². The van der Waals surface area contributed by atoms with Gasteiger partial charge in [-0.05, 0) is 43.0 Å². The molecular formula is C14H15N3O. The van der Waals surface area contributed by atoms with Crippen LogP contribution in [0.5, 0.6) is 0 Å². The Hall–Kier alpha value is -2.10. The van der Waals surface area contributed by atoms with Crippen LogP contribution in [0.3, 0.4) is 0 Å². The number of hydrogen-bond acceptors (Lipinski definition) is 3. The molecule has 0 bridgehead atoms. The summed E-state index contributed by atoms with van der Waals surface area (Å²) >= 11 is 0. The number of aromatic nitrogens is 3. The Morgan fingerprint density at radius 2 is 1.83 bits per heavy atom. The van der Waals surface area contributed by atoms with Gasteiger partial charge in [0, 0.05) is 0 Å². The molecule has 3 rings (SSSR count). The fourth-order valence-corrected chi connectivity index (χ4v) is 2.33. The lowest BCUT2D eigenvalue weighted by Gasteiger charge is -2.18. The topological polar surface area (TPSA) is 50.9 Å². The number of allylic oxidation sites excluding steroid dienone is 3. The quantitative estimate of drug-likeness (QED) is 0.834. The van der Waals surface area contributed by atoms with Crippen molar-refractivity contribution in [2.45, 2.75) is 20.3 Å². The lowest BCUT2D eigenvalue weighted by atomic mass is 9.94. The van der Waals surface area contributed by atoms with E-state index in [1.54, 1.807) is 0 Å². The second-order valence-corrected chi connectivity index (χ2v) is 4.84. The van der Waals surface area contributed by atoms with Gasteiger partial charge in [-0.3, -0.25) is 0 Å². The van der Waals surface area contributed by atoms with E-state index < -0.39 is 0 Å². The van der Waals surface area contributed by atoms with E-state index in [1.807, 2.05) is 37.3 Å². The van der Waals surface area contributed by atoms with Crippen molar-refractivity contribution in [3.63, 3.8) is 0 Å². The normalized spacial score (nSPS) is 20.3. The van der Waals surface area contributed by atoms with Crippen LogP contribution in [-0.2, 0) is 0 Å². The highest BCUT2D eigenvalue weighted by Crippen LogP contribution is 2.29. The molecule has 1 N–H and O–H groups in total. The molecule has 1 unspecified atom stereocenters. The Balaban J connectivity index is 2.14. The fraction of sp³-hybridized carbons (Fsp3) is 0.286. The van der Waals surface area contributed by atoms with Crippen LogP contribution >= 0.6 is 0 Å². The molecule has 1 atom stereocenters. The van der Waals surface area contributed by atoms with Crippen LogP contribution in [0.4, 0.5) is 0 Å². The van der Waals surface area contributed by atoms with E-state index in [0.717, 1.165) is 23.0 Å². The van der Waals surface area contributed by atoms with Crippen LogP contribution in [0.2, 0.25) is 0 Å². The zero-order valence-corrected chi connectivity index (χ0v) is 10.5. The molecule has 1 aliphatic carbocycles. The van der Waals surface area contributed by atoms with Crippen molar-refractivity contribution in [3.8, 4) is 0 Å². The van der Waals surface area contributed by atoms with Gasteiger partial charge in [-0.1, -0.05) is 19.1 Å². The highest BCUT2D eigenvalue weighted by molar-refractivity contribution is 5.75. The van der Waals surface area contributed by atoms with Crippen LogP contribution in [0, 0.1) is 5.92 Å². The second kappa shape index (κ2) is 3.98. The number of rotatable bonds is 1. The minimum Gasteiger partial charge on any atom is -0.506 e. The van der Waals surface area contributed by atoms with Crippen LogP contribution in [0.1, 0.15) is 20.3 Å². The maximum atomic E-state index is 10.1. The van der Waals surface area contributed by atoms with E-state index in [9.17, 15) is 5.11 Å². The highest BCUT2D eigenvalue weighted by Gasteiger charge is 2.20. The van der Waals surface area contributed by atoms with Gasteiger partial charge in [0.05, 0.1) is 0 Å². The molecule has 4 heteroatoms. The average Bonchev–Trinajstić information content (AvgIpc) is 2.77.